The molecule has 0 bridgehead atoms. The number of para-hydroxylation sites is 2. The third-order valence-electron chi connectivity index (χ3n) is 13.7. The molecule has 2 heteroatoms. The van der Waals surface area contributed by atoms with E-state index in [4.69, 9.17) is 6.85 Å². The Morgan fingerprint density at radius 1 is 0.318 bits per heavy atom. The van der Waals surface area contributed by atoms with Crippen LogP contribution in [0, 0.1) is 0 Å². The van der Waals surface area contributed by atoms with E-state index in [1.807, 2.05) is 36.4 Å². The van der Waals surface area contributed by atoms with Gasteiger partial charge in [0.2, 0.25) is 0 Å². The number of hydrogen-bond donors (Lipinski definition) is 0. The molecule has 1 nitrogen and oxygen atoms in total. The van der Waals surface area contributed by atoms with Crippen LogP contribution in [0.25, 0.3) is 134 Å². The number of rotatable bonds is 5. The molecule has 306 valence electrons. The standard InChI is InChI=1S/C64H39NSe/c1-2-17-40(18-3-1)60-46-21-4-6-23-48(46)62(49-24-7-5-22-47(49)60)42-35-38-54-59(39-42)66-58-32-16-29-55(64(54)58)63-52-27-10-8-25-50(52)61(51-26-9-11-28-53(51)63)41-33-36-43(37-34-41)65-56-30-14-12-19-44(56)45-20-13-15-31-57(45)65/h1-39H/i1D,2D,3D,17D,18D. The van der Waals surface area contributed by atoms with E-state index >= 15 is 0 Å². The van der Waals surface area contributed by atoms with Gasteiger partial charge in [0.05, 0.1) is 11.0 Å². The molecule has 2 heterocycles. The first kappa shape index (κ1) is 32.6. The summed E-state index contributed by atoms with van der Waals surface area (Å²) in [5.74, 6) is 0. The topological polar surface area (TPSA) is 4.93 Å². The second-order valence-electron chi connectivity index (χ2n) is 17.1. The number of aromatic nitrogens is 1. The van der Waals surface area contributed by atoms with E-state index in [0.29, 0.717) is 5.56 Å². The molecule has 0 aliphatic heterocycles. The summed E-state index contributed by atoms with van der Waals surface area (Å²) < 4.78 is 48.5. The summed E-state index contributed by atoms with van der Waals surface area (Å²) in [5, 5.41) is 13.5. The fraction of sp³-hybridized carbons (Fsp3) is 0. The average Bonchev–Trinajstić information content (AvgIpc) is 3.97. The summed E-state index contributed by atoms with van der Waals surface area (Å²) in [6, 6.07) is 72.8. The minimum atomic E-state index is -0.394. The Hall–Kier alpha value is -8.00. The van der Waals surface area contributed by atoms with E-state index in [9.17, 15) is 0 Å². The summed E-state index contributed by atoms with van der Waals surface area (Å²) in [6.07, 6.45) is 0. The molecule has 0 aliphatic carbocycles. The molecule has 14 aromatic rings. The molecule has 2 aromatic heterocycles. The van der Waals surface area contributed by atoms with Gasteiger partial charge in [-0.25, -0.2) is 0 Å². The first-order valence-corrected chi connectivity index (χ1v) is 24.1. The fourth-order valence-electron chi connectivity index (χ4n) is 11.0. The van der Waals surface area contributed by atoms with E-state index in [0.717, 1.165) is 38.4 Å². The summed E-state index contributed by atoms with van der Waals surface area (Å²) >= 11 is 0.0270. The third-order valence-corrected chi connectivity index (χ3v) is 16.0. The minimum absolute atomic E-state index is 0.0270. The zero-order chi connectivity index (χ0) is 47.6. The Morgan fingerprint density at radius 2 is 0.758 bits per heavy atom. The van der Waals surface area contributed by atoms with Gasteiger partial charge in [0.25, 0.3) is 0 Å². The van der Waals surface area contributed by atoms with Crippen LogP contribution in [0.4, 0.5) is 0 Å². The van der Waals surface area contributed by atoms with Gasteiger partial charge in [-0.2, -0.15) is 0 Å². The van der Waals surface area contributed by atoms with Crippen molar-refractivity contribution < 1.29 is 6.85 Å². The van der Waals surface area contributed by atoms with Gasteiger partial charge in [-0.05, 0) is 12.1 Å². The Labute approximate surface area is 394 Å². The average molecular weight is 906 g/mol. The molecule has 0 N–H and O–H groups in total. The van der Waals surface area contributed by atoms with Gasteiger partial charge in [-0.1, -0.05) is 36.4 Å². The van der Waals surface area contributed by atoms with Crippen LogP contribution in [0.2, 0.25) is 0 Å². The molecule has 0 fully saturated rings. The molecule has 0 saturated heterocycles. The number of nitrogens with zero attached hydrogens (tertiary/aromatic N) is 1. The molecule has 14 rings (SSSR count). The molecule has 0 saturated carbocycles. The zero-order valence-electron chi connectivity index (χ0n) is 40.5. The van der Waals surface area contributed by atoms with E-state index in [1.165, 1.54) is 84.9 Å². The summed E-state index contributed by atoms with van der Waals surface area (Å²) in [4.78, 5) is 0. The molecule has 0 spiro atoms. The maximum atomic E-state index is 9.01. The Morgan fingerprint density at radius 3 is 1.29 bits per heavy atom. The predicted octanol–water partition coefficient (Wildman–Crippen LogP) is 17.4. The zero-order valence-corrected chi connectivity index (χ0v) is 37.2. The van der Waals surface area contributed by atoms with E-state index < -0.39 is 6.04 Å². The molecule has 0 unspecified atom stereocenters. The van der Waals surface area contributed by atoms with Gasteiger partial charge < -0.3 is 0 Å². The van der Waals surface area contributed by atoms with Crippen LogP contribution >= 0.6 is 0 Å². The van der Waals surface area contributed by atoms with E-state index in [2.05, 4.69) is 174 Å². The van der Waals surface area contributed by atoms with Crippen LogP contribution in [0.5, 0.6) is 0 Å². The van der Waals surface area contributed by atoms with Crippen LogP contribution < -0.4 is 0 Å². The van der Waals surface area contributed by atoms with Crippen molar-refractivity contribution in [3.8, 4) is 50.2 Å². The molecule has 0 amide bonds. The van der Waals surface area contributed by atoms with Gasteiger partial charge in [0.1, 0.15) is 0 Å². The van der Waals surface area contributed by atoms with Crippen molar-refractivity contribution in [3.05, 3.63) is 236 Å². The van der Waals surface area contributed by atoms with Crippen LogP contribution in [0.15, 0.2) is 236 Å². The van der Waals surface area contributed by atoms with Gasteiger partial charge >= 0.3 is 326 Å². The Bertz CT molecular complexity index is 4390. The van der Waals surface area contributed by atoms with Crippen molar-refractivity contribution in [1.29, 1.82) is 0 Å². The third kappa shape index (κ3) is 5.53. The van der Waals surface area contributed by atoms with Crippen LogP contribution in [0.1, 0.15) is 6.85 Å². The second-order valence-corrected chi connectivity index (χ2v) is 19.4. The van der Waals surface area contributed by atoms with Crippen molar-refractivity contribution in [2.75, 3.05) is 0 Å². The van der Waals surface area contributed by atoms with Crippen molar-refractivity contribution in [3.63, 3.8) is 0 Å². The Balaban J connectivity index is 0.950. The Kier molecular flexibility index (Phi) is 7.30. The van der Waals surface area contributed by atoms with Crippen molar-refractivity contribution in [2.24, 2.45) is 0 Å². The molecule has 66 heavy (non-hydrogen) atoms. The van der Waals surface area contributed by atoms with Gasteiger partial charge in [0, 0.05) is 10.8 Å². The SMILES string of the molecule is [2H]c1c([2H])c([2H])c(-c2c3ccccc3c(-c3ccc4c(c3)[se]c3cccc(-c5c6ccccc6c(-c6ccc(-n7c8ccccc8c8ccccc87)cc6)c6ccccc56)c34)c3ccccc23)c([2H])c1[2H]. The van der Waals surface area contributed by atoms with Crippen LogP contribution in [-0.2, 0) is 0 Å². The van der Waals surface area contributed by atoms with E-state index in [-0.39, 0.29) is 44.2 Å². The molecule has 0 radical (unpaired) electrons. The van der Waals surface area contributed by atoms with Crippen LogP contribution in [0.3, 0.4) is 0 Å². The summed E-state index contributed by atoms with van der Waals surface area (Å²) in [6.45, 7) is 0. The molecule has 0 atom stereocenters. The van der Waals surface area contributed by atoms with Gasteiger partial charge in [-0.3, -0.25) is 0 Å². The molecule has 12 aromatic carbocycles. The predicted molar refractivity (Wildman–Crippen MR) is 285 cm³/mol. The van der Waals surface area contributed by atoms with Crippen LogP contribution in [-0.4, -0.2) is 19.1 Å². The quantitative estimate of drug-likeness (QED) is 0.120. The summed E-state index contributed by atoms with van der Waals surface area (Å²) in [5.41, 5.74) is 11.4. The van der Waals surface area contributed by atoms with E-state index in [1.54, 1.807) is 0 Å². The molecular formula is C64H39NSe. The fourth-order valence-corrected chi connectivity index (χ4v) is 13.4. The number of hydrogen-bond acceptors (Lipinski definition) is 0. The van der Waals surface area contributed by atoms with Crippen molar-refractivity contribution in [1.82, 2.24) is 4.57 Å². The maximum absolute atomic E-state index is 9.01. The van der Waals surface area contributed by atoms with Gasteiger partial charge in [-0.15, -0.1) is 0 Å². The first-order valence-electron chi connectivity index (χ1n) is 24.8. The monoisotopic (exact) mass is 906 g/mol. The summed E-state index contributed by atoms with van der Waals surface area (Å²) in [7, 11) is 0. The van der Waals surface area contributed by atoms with Crippen molar-refractivity contribution >= 4 is 98.7 Å². The molecular weight excluding hydrogens is 862 g/mol. The normalized spacial score (nSPS) is 13.0. The number of fused-ring (bicyclic) bond motifs is 10. The van der Waals surface area contributed by atoms with Gasteiger partial charge in [0.15, 0.2) is 0 Å². The van der Waals surface area contributed by atoms with Crippen molar-refractivity contribution in [2.45, 2.75) is 0 Å². The molecule has 0 aliphatic rings. The second kappa shape index (κ2) is 14.8. The first-order chi connectivity index (χ1) is 34.9. The number of benzene rings is 12.